The fourth-order valence-electron chi connectivity index (χ4n) is 2.62. The molecular weight excluding hydrogens is 252 g/mol. The highest BCUT2D eigenvalue weighted by atomic mass is 16.5. The van der Waals surface area contributed by atoms with Crippen molar-refractivity contribution in [2.75, 3.05) is 27.2 Å². The van der Waals surface area contributed by atoms with Gasteiger partial charge in [-0.2, -0.15) is 0 Å². The van der Waals surface area contributed by atoms with Crippen molar-refractivity contribution in [3.8, 4) is 0 Å². The number of carbonyl (C=O) groups is 1. The average Bonchev–Trinajstić information content (AvgIpc) is 2.80. The summed E-state index contributed by atoms with van der Waals surface area (Å²) in [5.74, 6) is 0.277. The molecule has 1 aromatic rings. The van der Waals surface area contributed by atoms with E-state index in [9.17, 15) is 4.79 Å². The smallest absolute Gasteiger partial charge is 0.251 e. The number of hydrogen-bond donors (Lipinski definition) is 1. The normalized spacial score (nSPS) is 23.8. The largest absolute Gasteiger partial charge is 0.369 e. The van der Waals surface area contributed by atoms with Gasteiger partial charge in [0, 0.05) is 32.2 Å². The molecule has 0 aliphatic carbocycles. The SMILES string of the molecule is COC(C)(C)C(=O)N[C@@H]1CN(C)C[C@H]1c1ccccc1. The van der Waals surface area contributed by atoms with Crippen LogP contribution in [0.25, 0.3) is 0 Å². The van der Waals surface area contributed by atoms with Gasteiger partial charge in [0.05, 0.1) is 0 Å². The third kappa shape index (κ3) is 3.19. The molecule has 4 heteroatoms. The van der Waals surface area contributed by atoms with Crippen molar-refractivity contribution >= 4 is 5.91 Å². The lowest BCUT2D eigenvalue weighted by molar-refractivity contribution is -0.140. The molecule has 1 aliphatic heterocycles. The summed E-state index contributed by atoms with van der Waals surface area (Å²) in [6.07, 6.45) is 0. The van der Waals surface area contributed by atoms with E-state index in [-0.39, 0.29) is 11.9 Å². The number of benzene rings is 1. The molecule has 1 heterocycles. The van der Waals surface area contributed by atoms with Gasteiger partial charge in [0.25, 0.3) is 5.91 Å². The van der Waals surface area contributed by atoms with Crippen LogP contribution >= 0.6 is 0 Å². The first-order valence-corrected chi connectivity index (χ1v) is 7.03. The first-order chi connectivity index (χ1) is 9.44. The molecule has 1 amide bonds. The Morgan fingerprint density at radius 2 is 1.95 bits per heavy atom. The molecule has 1 saturated heterocycles. The number of nitrogens with one attached hydrogen (secondary N) is 1. The summed E-state index contributed by atoms with van der Waals surface area (Å²) >= 11 is 0. The molecule has 0 saturated carbocycles. The van der Waals surface area contributed by atoms with Crippen molar-refractivity contribution in [2.45, 2.75) is 31.4 Å². The molecule has 0 spiro atoms. The Hall–Kier alpha value is -1.39. The molecule has 1 aliphatic rings. The second kappa shape index (κ2) is 5.94. The summed E-state index contributed by atoms with van der Waals surface area (Å²) in [4.78, 5) is 14.5. The number of likely N-dealkylation sites (N-methyl/N-ethyl adjacent to an activating group) is 1. The van der Waals surface area contributed by atoms with Crippen LogP contribution in [0.5, 0.6) is 0 Å². The topological polar surface area (TPSA) is 41.6 Å². The van der Waals surface area contributed by atoms with Crippen molar-refractivity contribution in [3.05, 3.63) is 35.9 Å². The standard InChI is InChI=1S/C16H24N2O2/c1-16(2,20-4)15(19)17-14-11-18(3)10-13(14)12-8-6-5-7-9-12/h5-9,13-14H,10-11H2,1-4H3,(H,17,19)/t13-,14+/m0/s1. The summed E-state index contributed by atoms with van der Waals surface area (Å²) in [6, 6.07) is 10.5. The van der Waals surface area contributed by atoms with Crippen molar-refractivity contribution < 1.29 is 9.53 Å². The van der Waals surface area contributed by atoms with E-state index in [2.05, 4.69) is 29.4 Å². The Balaban J connectivity index is 2.12. The van der Waals surface area contributed by atoms with Crippen molar-refractivity contribution in [1.82, 2.24) is 10.2 Å². The highest BCUT2D eigenvalue weighted by Gasteiger charge is 2.36. The highest BCUT2D eigenvalue weighted by molar-refractivity contribution is 5.84. The van der Waals surface area contributed by atoms with Gasteiger partial charge < -0.3 is 15.0 Å². The van der Waals surface area contributed by atoms with Crippen molar-refractivity contribution in [2.24, 2.45) is 0 Å². The van der Waals surface area contributed by atoms with E-state index >= 15 is 0 Å². The average molecular weight is 276 g/mol. The van der Waals surface area contributed by atoms with Crippen LogP contribution in [0.2, 0.25) is 0 Å². The van der Waals surface area contributed by atoms with Gasteiger partial charge in [-0.25, -0.2) is 0 Å². The van der Waals surface area contributed by atoms with Crippen molar-refractivity contribution in [3.63, 3.8) is 0 Å². The number of nitrogens with zero attached hydrogens (tertiary/aromatic N) is 1. The predicted octanol–water partition coefficient (Wildman–Crippen LogP) is 1.63. The maximum absolute atomic E-state index is 12.3. The molecule has 110 valence electrons. The summed E-state index contributed by atoms with van der Waals surface area (Å²) in [6.45, 7) is 5.41. The van der Waals surface area contributed by atoms with Crippen LogP contribution in [-0.4, -0.2) is 49.7 Å². The first-order valence-electron chi connectivity index (χ1n) is 7.03. The van der Waals surface area contributed by atoms with Gasteiger partial charge in [0.2, 0.25) is 0 Å². The Labute approximate surface area is 121 Å². The predicted molar refractivity (Wildman–Crippen MR) is 79.7 cm³/mol. The molecule has 1 fully saturated rings. The van der Waals surface area contributed by atoms with E-state index in [1.165, 1.54) is 5.56 Å². The second-order valence-electron chi connectivity index (χ2n) is 6.03. The van der Waals surface area contributed by atoms with Gasteiger partial charge in [0.15, 0.2) is 0 Å². The van der Waals surface area contributed by atoms with E-state index in [0.717, 1.165) is 13.1 Å². The molecule has 2 rings (SSSR count). The lowest BCUT2D eigenvalue weighted by Crippen LogP contribution is -2.49. The van der Waals surface area contributed by atoms with Gasteiger partial charge in [-0.1, -0.05) is 30.3 Å². The monoisotopic (exact) mass is 276 g/mol. The summed E-state index contributed by atoms with van der Waals surface area (Å²) in [5.41, 5.74) is 0.486. The molecular formula is C16H24N2O2. The van der Waals surface area contributed by atoms with Gasteiger partial charge in [0.1, 0.15) is 5.60 Å². The zero-order valence-corrected chi connectivity index (χ0v) is 12.7. The quantitative estimate of drug-likeness (QED) is 0.908. The molecule has 1 N–H and O–H groups in total. The fraction of sp³-hybridized carbons (Fsp3) is 0.562. The molecule has 0 radical (unpaired) electrons. The Morgan fingerprint density at radius 1 is 1.30 bits per heavy atom. The van der Waals surface area contributed by atoms with Crippen LogP contribution in [0.3, 0.4) is 0 Å². The lowest BCUT2D eigenvalue weighted by atomic mass is 9.93. The number of hydrogen-bond acceptors (Lipinski definition) is 3. The van der Waals surface area contributed by atoms with Crippen LogP contribution in [0, 0.1) is 0 Å². The number of amides is 1. The Morgan fingerprint density at radius 3 is 2.55 bits per heavy atom. The van der Waals surface area contributed by atoms with E-state index in [1.54, 1.807) is 21.0 Å². The van der Waals surface area contributed by atoms with Gasteiger partial charge in [-0.05, 0) is 26.5 Å². The molecule has 0 aromatic heterocycles. The summed E-state index contributed by atoms with van der Waals surface area (Å²) in [7, 11) is 3.65. The third-order valence-electron chi connectivity index (χ3n) is 4.10. The van der Waals surface area contributed by atoms with Gasteiger partial charge >= 0.3 is 0 Å². The van der Waals surface area contributed by atoms with Crippen LogP contribution in [-0.2, 0) is 9.53 Å². The van der Waals surface area contributed by atoms with Gasteiger partial charge in [-0.15, -0.1) is 0 Å². The molecule has 4 nitrogen and oxygen atoms in total. The van der Waals surface area contributed by atoms with Crippen LogP contribution < -0.4 is 5.32 Å². The molecule has 0 bridgehead atoms. The maximum Gasteiger partial charge on any atom is 0.251 e. The second-order valence-corrected chi connectivity index (χ2v) is 6.03. The lowest BCUT2D eigenvalue weighted by Gasteiger charge is -2.27. The minimum absolute atomic E-state index is 0.0544. The third-order valence-corrected chi connectivity index (χ3v) is 4.10. The van der Waals surface area contributed by atoms with E-state index in [1.807, 2.05) is 18.2 Å². The van der Waals surface area contributed by atoms with E-state index in [0.29, 0.717) is 5.92 Å². The highest BCUT2D eigenvalue weighted by Crippen LogP contribution is 2.27. The fourth-order valence-corrected chi connectivity index (χ4v) is 2.62. The Bertz CT molecular complexity index is 459. The van der Waals surface area contributed by atoms with Crippen LogP contribution in [0.15, 0.2) is 30.3 Å². The number of ether oxygens (including phenoxy) is 1. The number of likely N-dealkylation sites (tertiary alicyclic amines) is 1. The van der Waals surface area contributed by atoms with E-state index in [4.69, 9.17) is 4.74 Å². The van der Waals surface area contributed by atoms with Crippen molar-refractivity contribution in [1.29, 1.82) is 0 Å². The number of methoxy groups -OCH3 is 1. The molecule has 20 heavy (non-hydrogen) atoms. The molecule has 1 aromatic carbocycles. The number of carbonyl (C=O) groups excluding carboxylic acids is 1. The zero-order chi connectivity index (χ0) is 14.8. The van der Waals surface area contributed by atoms with E-state index < -0.39 is 5.60 Å². The van der Waals surface area contributed by atoms with Crippen LogP contribution in [0.4, 0.5) is 0 Å². The molecule has 2 atom stereocenters. The minimum atomic E-state index is -0.789. The summed E-state index contributed by atoms with van der Waals surface area (Å²) in [5, 5.41) is 3.14. The first kappa shape index (κ1) is 15.0. The van der Waals surface area contributed by atoms with Crippen LogP contribution in [0.1, 0.15) is 25.3 Å². The maximum atomic E-state index is 12.3. The Kier molecular flexibility index (Phi) is 4.45. The molecule has 0 unspecified atom stereocenters. The van der Waals surface area contributed by atoms with Gasteiger partial charge in [-0.3, -0.25) is 4.79 Å². The summed E-state index contributed by atoms with van der Waals surface area (Å²) < 4.78 is 5.25. The zero-order valence-electron chi connectivity index (χ0n) is 12.7. The number of rotatable bonds is 4. The minimum Gasteiger partial charge on any atom is -0.369 e.